The third kappa shape index (κ3) is 2.58. The minimum Gasteiger partial charge on any atom is -0.332 e. The van der Waals surface area contributed by atoms with Gasteiger partial charge >= 0.3 is 6.18 Å². The van der Waals surface area contributed by atoms with E-state index in [0.29, 0.717) is 6.42 Å². The Balaban J connectivity index is 2.51. The van der Waals surface area contributed by atoms with Crippen molar-refractivity contribution in [2.45, 2.75) is 18.6 Å². The van der Waals surface area contributed by atoms with Gasteiger partial charge in [-0.05, 0) is 13.5 Å². The first-order chi connectivity index (χ1) is 5.94. The molecule has 0 aliphatic carbocycles. The number of likely N-dealkylation sites (N-methyl/N-ethyl adjacent to an activating group) is 1. The Morgan fingerprint density at radius 1 is 1.62 bits per heavy atom. The fourth-order valence-corrected chi connectivity index (χ4v) is 1.38. The summed E-state index contributed by atoms with van der Waals surface area (Å²) in [6.45, 7) is -0.951. The van der Waals surface area contributed by atoms with Crippen LogP contribution in [0.25, 0.3) is 0 Å². The Labute approximate surface area is 73.9 Å². The molecule has 0 aromatic carbocycles. The molecule has 1 aliphatic heterocycles. The molecule has 1 rings (SSSR count). The number of hydrogen-bond donors (Lipinski definition) is 1. The molecule has 1 amide bonds. The van der Waals surface area contributed by atoms with Crippen LogP contribution in [-0.4, -0.2) is 43.2 Å². The summed E-state index contributed by atoms with van der Waals surface area (Å²) in [5.74, 6) is -0.458. The van der Waals surface area contributed by atoms with Gasteiger partial charge in [0.25, 0.3) is 0 Å². The van der Waals surface area contributed by atoms with E-state index in [1.54, 1.807) is 7.05 Å². The molecule has 0 radical (unpaired) electrons. The molecule has 3 nitrogen and oxygen atoms in total. The van der Waals surface area contributed by atoms with Crippen LogP contribution in [0.3, 0.4) is 0 Å². The molecule has 1 fully saturated rings. The molecule has 76 valence electrons. The van der Waals surface area contributed by atoms with Crippen LogP contribution < -0.4 is 5.32 Å². The highest BCUT2D eigenvalue weighted by Gasteiger charge is 2.38. The zero-order valence-electron chi connectivity index (χ0n) is 7.19. The van der Waals surface area contributed by atoms with Crippen LogP contribution in [0, 0.1) is 0 Å². The van der Waals surface area contributed by atoms with Crippen molar-refractivity contribution < 1.29 is 18.0 Å². The van der Waals surface area contributed by atoms with Crippen LogP contribution in [0.1, 0.15) is 6.42 Å². The van der Waals surface area contributed by atoms with Crippen LogP contribution in [0.2, 0.25) is 0 Å². The van der Waals surface area contributed by atoms with Crippen molar-refractivity contribution in [2.24, 2.45) is 0 Å². The fourth-order valence-electron chi connectivity index (χ4n) is 1.38. The number of nitrogens with one attached hydrogen (secondary N) is 1. The van der Waals surface area contributed by atoms with Crippen molar-refractivity contribution in [3.05, 3.63) is 0 Å². The Morgan fingerprint density at radius 2 is 2.23 bits per heavy atom. The lowest BCUT2D eigenvalue weighted by molar-refractivity contribution is -0.157. The molecular weight excluding hydrogens is 185 g/mol. The lowest BCUT2D eigenvalue weighted by atomic mass is 10.3. The Kier molecular flexibility index (Phi) is 2.80. The molecule has 1 saturated heterocycles. The van der Waals surface area contributed by atoms with Crippen molar-refractivity contribution in [3.8, 4) is 0 Å². The van der Waals surface area contributed by atoms with Gasteiger partial charge in [0.15, 0.2) is 0 Å². The number of rotatable bonds is 2. The first kappa shape index (κ1) is 10.3. The third-order valence-corrected chi connectivity index (χ3v) is 2.02. The van der Waals surface area contributed by atoms with E-state index in [2.05, 4.69) is 5.32 Å². The lowest BCUT2D eigenvalue weighted by Crippen LogP contribution is -2.40. The summed E-state index contributed by atoms with van der Waals surface area (Å²) in [5.41, 5.74) is 0. The van der Waals surface area contributed by atoms with Crippen molar-refractivity contribution in [1.82, 2.24) is 10.2 Å². The van der Waals surface area contributed by atoms with E-state index < -0.39 is 24.7 Å². The lowest BCUT2D eigenvalue weighted by Gasteiger charge is -2.18. The maximum Gasteiger partial charge on any atom is 0.406 e. The molecule has 0 spiro atoms. The van der Waals surface area contributed by atoms with Crippen molar-refractivity contribution in [2.75, 3.05) is 20.1 Å². The number of nitrogens with zero attached hydrogens (tertiary/aromatic N) is 1. The van der Waals surface area contributed by atoms with E-state index >= 15 is 0 Å². The third-order valence-electron chi connectivity index (χ3n) is 2.02. The van der Waals surface area contributed by atoms with Crippen LogP contribution in [0.4, 0.5) is 13.2 Å². The molecule has 6 heteroatoms. The largest absolute Gasteiger partial charge is 0.406 e. The first-order valence-electron chi connectivity index (χ1n) is 3.97. The summed E-state index contributed by atoms with van der Waals surface area (Å²) in [6.07, 6.45) is -3.84. The summed E-state index contributed by atoms with van der Waals surface area (Å²) in [5, 5.41) is 2.67. The van der Waals surface area contributed by atoms with E-state index in [1.165, 1.54) is 0 Å². The number of carbonyl (C=O) groups excluding carboxylic acids is 1. The van der Waals surface area contributed by atoms with Gasteiger partial charge in [-0.3, -0.25) is 4.79 Å². The monoisotopic (exact) mass is 196 g/mol. The number of amides is 1. The predicted octanol–water partition coefficient (Wildman–Crippen LogP) is 0.369. The van der Waals surface area contributed by atoms with Gasteiger partial charge in [-0.25, -0.2) is 0 Å². The smallest absolute Gasteiger partial charge is 0.332 e. The Hall–Kier alpha value is -0.780. The number of halogens is 3. The predicted molar refractivity (Wildman–Crippen MR) is 40.1 cm³/mol. The van der Waals surface area contributed by atoms with Crippen molar-refractivity contribution in [3.63, 3.8) is 0 Å². The molecule has 1 aliphatic rings. The van der Waals surface area contributed by atoms with Gasteiger partial charge in [0.2, 0.25) is 5.91 Å². The Bertz CT molecular complexity index is 204. The minimum atomic E-state index is -4.29. The average molecular weight is 196 g/mol. The van der Waals surface area contributed by atoms with E-state index in [1.807, 2.05) is 0 Å². The molecule has 13 heavy (non-hydrogen) atoms. The summed E-state index contributed by atoms with van der Waals surface area (Å²) in [6, 6.07) is -0.442. The van der Waals surface area contributed by atoms with Gasteiger partial charge < -0.3 is 10.2 Å². The molecule has 0 aromatic rings. The van der Waals surface area contributed by atoms with Crippen molar-refractivity contribution in [1.29, 1.82) is 0 Å². The SMILES string of the molecule is CN[C@H]1CCN(CC(F)(F)F)C1=O. The fraction of sp³-hybridized carbons (Fsp3) is 0.857. The molecule has 0 unspecified atom stereocenters. The van der Waals surface area contributed by atoms with Gasteiger partial charge in [-0.2, -0.15) is 13.2 Å². The maximum absolute atomic E-state index is 11.9. The molecular formula is C7H11F3N2O. The van der Waals surface area contributed by atoms with E-state index in [4.69, 9.17) is 0 Å². The van der Waals surface area contributed by atoms with Crippen LogP contribution in [0.15, 0.2) is 0 Å². The van der Waals surface area contributed by atoms with Crippen LogP contribution in [0.5, 0.6) is 0 Å². The van der Waals surface area contributed by atoms with Crippen LogP contribution >= 0.6 is 0 Å². The standard InChI is InChI=1S/C7H11F3N2O/c1-11-5-2-3-12(6(5)13)4-7(8,9)10/h5,11H,2-4H2,1H3/t5-/m0/s1. The van der Waals surface area contributed by atoms with Crippen molar-refractivity contribution >= 4 is 5.91 Å². The van der Waals surface area contributed by atoms with E-state index in [-0.39, 0.29) is 6.54 Å². The quantitative estimate of drug-likeness (QED) is 0.692. The van der Waals surface area contributed by atoms with E-state index in [0.717, 1.165) is 4.90 Å². The number of carbonyl (C=O) groups is 1. The zero-order chi connectivity index (χ0) is 10.1. The normalized spacial score (nSPS) is 24.2. The highest BCUT2D eigenvalue weighted by Crippen LogP contribution is 2.20. The summed E-state index contributed by atoms with van der Waals surface area (Å²) in [7, 11) is 1.57. The second kappa shape index (κ2) is 3.53. The molecule has 0 bridgehead atoms. The second-order valence-corrected chi connectivity index (χ2v) is 3.00. The molecule has 1 N–H and O–H groups in total. The molecule has 1 heterocycles. The minimum absolute atomic E-state index is 0.184. The molecule has 1 atom stereocenters. The van der Waals surface area contributed by atoms with Crippen LogP contribution in [-0.2, 0) is 4.79 Å². The van der Waals surface area contributed by atoms with Gasteiger partial charge in [0.1, 0.15) is 6.54 Å². The highest BCUT2D eigenvalue weighted by atomic mass is 19.4. The topological polar surface area (TPSA) is 32.3 Å². The Morgan fingerprint density at radius 3 is 2.62 bits per heavy atom. The number of hydrogen-bond acceptors (Lipinski definition) is 2. The summed E-state index contributed by atoms with van der Waals surface area (Å²) < 4.78 is 35.7. The molecule has 0 saturated carbocycles. The van der Waals surface area contributed by atoms with E-state index in [9.17, 15) is 18.0 Å². The molecule has 0 aromatic heterocycles. The van der Waals surface area contributed by atoms with Gasteiger partial charge in [0, 0.05) is 6.54 Å². The second-order valence-electron chi connectivity index (χ2n) is 3.00. The number of likely N-dealkylation sites (tertiary alicyclic amines) is 1. The van der Waals surface area contributed by atoms with Gasteiger partial charge in [-0.15, -0.1) is 0 Å². The number of alkyl halides is 3. The highest BCUT2D eigenvalue weighted by molar-refractivity contribution is 5.83. The summed E-state index contributed by atoms with van der Waals surface area (Å²) >= 11 is 0. The maximum atomic E-state index is 11.9. The van der Waals surface area contributed by atoms with Gasteiger partial charge in [0.05, 0.1) is 6.04 Å². The average Bonchev–Trinajstić information content (AvgIpc) is 2.30. The first-order valence-corrected chi connectivity index (χ1v) is 3.97. The van der Waals surface area contributed by atoms with Gasteiger partial charge in [-0.1, -0.05) is 0 Å². The summed E-state index contributed by atoms with van der Waals surface area (Å²) in [4.78, 5) is 12.0. The zero-order valence-corrected chi connectivity index (χ0v) is 7.19.